The van der Waals surface area contributed by atoms with Crippen LogP contribution in [0.5, 0.6) is 11.5 Å². The molecule has 0 saturated carbocycles. The molecule has 29 heavy (non-hydrogen) atoms. The molecule has 0 radical (unpaired) electrons. The van der Waals surface area contributed by atoms with Crippen molar-refractivity contribution in [1.82, 2.24) is 0 Å². The van der Waals surface area contributed by atoms with Gasteiger partial charge in [0.1, 0.15) is 0 Å². The Labute approximate surface area is 168 Å². The highest BCUT2D eigenvalue weighted by atomic mass is 16.6. The van der Waals surface area contributed by atoms with E-state index in [4.69, 9.17) is 14.2 Å². The van der Waals surface area contributed by atoms with Gasteiger partial charge in [-0.3, -0.25) is 0 Å². The summed E-state index contributed by atoms with van der Waals surface area (Å²) in [6, 6.07) is 11.9. The summed E-state index contributed by atoms with van der Waals surface area (Å²) in [5.41, 5.74) is 1.90. The van der Waals surface area contributed by atoms with Gasteiger partial charge in [-0.2, -0.15) is 0 Å². The van der Waals surface area contributed by atoms with E-state index in [-0.39, 0.29) is 11.6 Å². The number of rotatable bonds is 7. The van der Waals surface area contributed by atoms with Crippen molar-refractivity contribution in [2.24, 2.45) is 4.99 Å². The lowest BCUT2D eigenvalue weighted by Crippen LogP contribution is -2.06. The van der Waals surface area contributed by atoms with Crippen LogP contribution in [0.3, 0.4) is 0 Å². The lowest BCUT2D eigenvalue weighted by Gasteiger charge is -2.11. The number of benzene rings is 2. The van der Waals surface area contributed by atoms with Gasteiger partial charge in [-0.05, 0) is 55.8 Å². The van der Waals surface area contributed by atoms with Crippen molar-refractivity contribution >= 4 is 23.9 Å². The van der Waals surface area contributed by atoms with Crippen LogP contribution in [-0.4, -0.2) is 38.2 Å². The predicted octanol–water partition coefficient (Wildman–Crippen LogP) is 3.62. The molecule has 0 aliphatic carbocycles. The number of nitrogens with zero attached hydrogens (tertiary/aromatic N) is 1. The van der Waals surface area contributed by atoms with E-state index >= 15 is 0 Å². The number of hydrogen-bond acceptors (Lipinski definition) is 7. The molecular weight excluding hydrogens is 374 g/mol. The fourth-order valence-corrected chi connectivity index (χ4v) is 2.71. The van der Waals surface area contributed by atoms with E-state index in [1.165, 1.54) is 7.11 Å². The van der Waals surface area contributed by atoms with E-state index in [1.807, 2.05) is 13.8 Å². The highest BCUT2D eigenvalue weighted by Gasteiger charge is 2.25. The Balaban J connectivity index is 1.86. The first-order valence-electron chi connectivity index (χ1n) is 9.16. The van der Waals surface area contributed by atoms with Crippen molar-refractivity contribution in [3.05, 3.63) is 64.9 Å². The molecule has 0 bridgehead atoms. The second-order valence-electron chi connectivity index (χ2n) is 5.98. The van der Waals surface area contributed by atoms with Crippen LogP contribution in [0.4, 0.5) is 0 Å². The van der Waals surface area contributed by atoms with Gasteiger partial charge in [-0.25, -0.2) is 14.6 Å². The summed E-state index contributed by atoms with van der Waals surface area (Å²) in [5, 5.41) is 0. The Morgan fingerprint density at radius 2 is 1.72 bits per heavy atom. The second-order valence-corrected chi connectivity index (χ2v) is 5.98. The maximum atomic E-state index is 12.2. The van der Waals surface area contributed by atoms with Gasteiger partial charge in [-0.15, -0.1) is 0 Å². The van der Waals surface area contributed by atoms with Crippen LogP contribution in [-0.2, 0) is 14.3 Å². The minimum absolute atomic E-state index is 0.165. The highest BCUT2D eigenvalue weighted by Crippen LogP contribution is 2.30. The number of hydrogen-bond donors (Lipinski definition) is 0. The van der Waals surface area contributed by atoms with Crippen LogP contribution < -0.4 is 9.47 Å². The topological polar surface area (TPSA) is 83.4 Å². The Kier molecular flexibility index (Phi) is 6.29. The fraction of sp³-hybridized carbons (Fsp3) is 0.227. The lowest BCUT2D eigenvalue weighted by atomic mass is 10.1. The largest absolute Gasteiger partial charge is 0.490 e. The fourth-order valence-electron chi connectivity index (χ4n) is 2.71. The average Bonchev–Trinajstić information content (AvgIpc) is 3.10. The van der Waals surface area contributed by atoms with Crippen LogP contribution in [0.25, 0.3) is 6.08 Å². The van der Waals surface area contributed by atoms with Crippen molar-refractivity contribution in [1.29, 1.82) is 0 Å². The quantitative estimate of drug-likeness (QED) is 0.526. The summed E-state index contributed by atoms with van der Waals surface area (Å²) >= 11 is 0. The zero-order chi connectivity index (χ0) is 20.8. The van der Waals surface area contributed by atoms with Crippen molar-refractivity contribution < 1.29 is 28.5 Å². The highest BCUT2D eigenvalue weighted by molar-refractivity contribution is 6.13. The summed E-state index contributed by atoms with van der Waals surface area (Å²) in [7, 11) is 1.32. The van der Waals surface area contributed by atoms with Crippen LogP contribution >= 0.6 is 0 Å². The summed E-state index contributed by atoms with van der Waals surface area (Å²) in [6.07, 6.45) is 1.59. The standard InChI is InChI=1S/C22H21NO6/c1-4-27-18-11-10-16(13-19(18)28-5-2)20-23-17(22(25)29-20)12-14-6-8-15(9-7-14)21(24)26-3/h6-13H,4-5H2,1-3H3/b17-12-. The van der Waals surface area contributed by atoms with Crippen LogP contribution in [0.2, 0.25) is 0 Å². The van der Waals surface area contributed by atoms with Crippen molar-refractivity contribution in [2.45, 2.75) is 13.8 Å². The van der Waals surface area contributed by atoms with E-state index in [2.05, 4.69) is 9.73 Å². The van der Waals surface area contributed by atoms with Crippen molar-refractivity contribution in [2.75, 3.05) is 20.3 Å². The smallest absolute Gasteiger partial charge is 0.363 e. The number of methoxy groups -OCH3 is 1. The number of cyclic esters (lactones) is 1. The molecule has 1 aliphatic rings. The van der Waals surface area contributed by atoms with Crippen LogP contribution in [0.15, 0.2) is 53.2 Å². The van der Waals surface area contributed by atoms with E-state index in [1.54, 1.807) is 48.5 Å². The van der Waals surface area contributed by atoms with Gasteiger partial charge in [0.05, 0.1) is 25.9 Å². The molecule has 0 atom stereocenters. The normalized spacial score (nSPS) is 14.4. The molecule has 3 rings (SSSR count). The molecule has 2 aromatic rings. The molecule has 0 saturated heterocycles. The van der Waals surface area contributed by atoms with E-state index in [0.717, 1.165) is 0 Å². The Bertz CT molecular complexity index is 975. The summed E-state index contributed by atoms with van der Waals surface area (Å²) in [5.74, 6) is 0.386. The van der Waals surface area contributed by atoms with Gasteiger partial charge >= 0.3 is 11.9 Å². The van der Waals surface area contributed by atoms with Crippen LogP contribution in [0.1, 0.15) is 35.3 Å². The number of aliphatic imine (C=N–C) groups is 1. The third kappa shape index (κ3) is 4.63. The lowest BCUT2D eigenvalue weighted by molar-refractivity contribution is -0.129. The summed E-state index contributed by atoms with van der Waals surface area (Å²) in [6.45, 7) is 4.75. The second kappa shape index (κ2) is 9.05. The predicted molar refractivity (Wildman–Crippen MR) is 107 cm³/mol. The minimum atomic E-state index is -0.552. The number of esters is 2. The number of carbonyl (C=O) groups excluding carboxylic acids is 2. The van der Waals surface area contributed by atoms with E-state index in [0.29, 0.717) is 41.4 Å². The van der Waals surface area contributed by atoms with E-state index in [9.17, 15) is 9.59 Å². The maximum Gasteiger partial charge on any atom is 0.363 e. The first kappa shape index (κ1) is 20.1. The average molecular weight is 395 g/mol. The molecule has 0 N–H and O–H groups in total. The molecule has 1 aliphatic heterocycles. The van der Waals surface area contributed by atoms with Gasteiger partial charge < -0.3 is 18.9 Å². The molecule has 150 valence electrons. The molecule has 0 unspecified atom stereocenters. The Morgan fingerprint density at radius 1 is 1.03 bits per heavy atom. The maximum absolute atomic E-state index is 12.2. The molecule has 0 aromatic heterocycles. The zero-order valence-electron chi connectivity index (χ0n) is 16.4. The van der Waals surface area contributed by atoms with Gasteiger partial charge in [0, 0.05) is 5.56 Å². The molecule has 0 amide bonds. The molecule has 0 fully saturated rings. The minimum Gasteiger partial charge on any atom is -0.490 e. The van der Waals surface area contributed by atoms with E-state index < -0.39 is 11.9 Å². The van der Waals surface area contributed by atoms with Gasteiger partial charge in [0.25, 0.3) is 0 Å². The third-order valence-corrected chi connectivity index (χ3v) is 4.05. The van der Waals surface area contributed by atoms with Gasteiger partial charge in [-0.1, -0.05) is 12.1 Å². The molecule has 7 heteroatoms. The number of ether oxygens (including phenoxy) is 4. The van der Waals surface area contributed by atoms with Crippen LogP contribution in [0, 0.1) is 0 Å². The van der Waals surface area contributed by atoms with Crippen molar-refractivity contribution in [3.8, 4) is 11.5 Å². The molecule has 2 aromatic carbocycles. The Hall–Kier alpha value is -3.61. The third-order valence-electron chi connectivity index (χ3n) is 4.05. The first-order chi connectivity index (χ1) is 14.0. The summed E-state index contributed by atoms with van der Waals surface area (Å²) in [4.78, 5) is 28.0. The summed E-state index contributed by atoms with van der Waals surface area (Å²) < 4.78 is 21.1. The molecule has 7 nitrogen and oxygen atoms in total. The van der Waals surface area contributed by atoms with Gasteiger partial charge in [0.2, 0.25) is 5.90 Å². The van der Waals surface area contributed by atoms with Gasteiger partial charge in [0.15, 0.2) is 17.2 Å². The Morgan fingerprint density at radius 3 is 2.38 bits per heavy atom. The SMILES string of the molecule is CCOc1ccc(C2=N/C(=C\c3ccc(C(=O)OC)cc3)C(=O)O2)cc1OCC. The molecule has 1 heterocycles. The molecular formula is C22H21NO6. The molecule has 0 spiro atoms. The number of carbonyl (C=O) groups is 2. The first-order valence-corrected chi connectivity index (χ1v) is 9.16. The van der Waals surface area contributed by atoms with Crippen molar-refractivity contribution in [3.63, 3.8) is 0 Å². The monoisotopic (exact) mass is 395 g/mol. The zero-order valence-corrected chi connectivity index (χ0v) is 16.4.